The van der Waals surface area contributed by atoms with Gasteiger partial charge in [0.2, 0.25) is 0 Å². The van der Waals surface area contributed by atoms with Crippen LogP contribution in [0.15, 0.2) is 36.5 Å². The third-order valence-electron chi connectivity index (χ3n) is 4.72. The van der Waals surface area contributed by atoms with Crippen molar-refractivity contribution in [2.45, 2.75) is 19.5 Å². The number of hydrogen-bond acceptors (Lipinski definition) is 6. The Hall–Kier alpha value is -3.86. The fraction of sp³-hybridized carbons (Fsp3) is 0.238. The number of aromatic nitrogens is 1. The van der Waals surface area contributed by atoms with E-state index in [1.165, 1.54) is 0 Å². The van der Waals surface area contributed by atoms with Gasteiger partial charge in [0.25, 0.3) is 11.8 Å². The lowest BCUT2D eigenvalue weighted by Crippen LogP contribution is -2.48. The van der Waals surface area contributed by atoms with Gasteiger partial charge in [-0.05, 0) is 36.2 Å². The van der Waals surface area contributed by atoms with Crippen LogP contribution in [0.5, 0.6) is 0 Å². The highest BCUT2D eigenvalue weighted by Gasteiger charge is 2.25. The van der Waals surface area contributed by atoms with Gasteiger partial charge in [-0.25, -0.2) is 9.59 Å². The smallest absolute Gasteiger partial charge is 0.404 e. The van der Waals surface area contributed by atoms with E-state index in [2.05, 4.69) is 20.4 Å². The number of methoxy groups -OCH3 is 1. The van der Waals surface area contributed by atoms with Crippen LogP contribution in [0.25, 0.3) is 10.9 Å². The Balaban J connectivity index is 1.67. The maximum absolute atomic E-state index is 12.7. The molecule has 1 unspecified atom stereocenters. The van der Waals surface area contributed by atoms with Crippen molar-refractivity contribution in [1.29, 1.82) is 0 Å². The molecule has 0 aliphatic carbocycles. The van der Waals surface area contributed by atoms with Gasteiger partial charge in [-0.3, -0.25) is 9.59 Å². The lowest BCUT2D eigenvalue weighted by Gasteiger charge is -2.16. The standard InChI is InChI=1S/C21H22N4O6S/c1-11-8-16(18(26)23-9-12-4-3-5-14-13(12)6-7-22-14)32-17(11)19(27)25-15(20(28)31-2)10-24-21(29)30/h3-8,15,22,24H,9-10H2,1-2H3,(H,23,26)(H,25,27)(H,29,30). The lowest BCUT2D eigenvalue weighted by atomic mass is 10.1. The van der Waals surface area contributed by atoms with E-state index >= 15 is 0 Å². The Kier molecular flexibility index (Phi) is 7.11. The number of amides is 3. The van der Waals surface area contributed by atoms with Gasteiger partial charge in [0.05, 0.1) is 23.4 Å². The molecule has 5 N–H and O–H groups in total. The summed E-state index contributed by atoms with van der Waals surface area (Å²) in [6.07, 6.45) is 0.492. The minimum Gasteiger partial charge on any atom is -0.467 e. The van der Waals surface area contributed by atoms with Crippen molar-refractivity contribution in [2.75, 3.05) is 13.7 Å². The van der Waals surface area contributed by atoms with Crippen LogP contribution >= 0.6 is 11.3 Å². The summed E-state index contributed by atoms with van der Waals surface area (Å²) in [6.45, 7) is 1.64. The van der Waals surface area contributed by atoms with Crippen LogP contribution < -0.4 is 16.0 Å². The topological polar surface area (TPSA) is 150 Å². The molecule has 3 rings (SSSR count). The van der Waals surface area contributed by atoms with E-state index in [-0.39, 0.29) is 17.3 Å². The van der Waals surface area contributed by atoms with E-state index in [1.807, 2.05) is 35.8 Å². The van der Waals surface area contributed by atoms with Crippen LogP contribution in [-0.4, -0.2) is 53.7 Å². The molecule has 2 heterocycles. The molecule has 0 bridgehead atoms. The summed E-state index contributed by atoms with van der Waals surface area (Å²) < 4.78 is 4.60. The summed E-state index contributed by atoms with van der Waals surface area (Å²) in [5, 5.41) is 17.1. The van der Waals surface area contributed by atoms with E-state index in [4.69, 9.17) is 5.11 Å². The number of H-pyrrole nitrogens is 1. The molecule has 3 aromatic rings. The van der Waals surface area contributed by atoms with E-state index in [1.54, 1.807) is 13.0 Å². The van der Waals surface area contributed by atoms with E-state index in [0.717, 1.165) is 34.9 Å². The molecule has 0 aliphatic rings. The quantitative estimate of drug-likeness (QED) is 0.326. The molecule has 32 heavy (non-hydrogen) atoms. The number of nitrogens with one attached hydrogen (secondary N) is 4. The van der Waals surface area contributed by atoms with Gasteiger partial charge in [0.15, 0.2) is 0 Å². The Labute approximate surface area is 187 Å². The number of fused-ring (bicyclic) bond motifs is 1. The maximum atomic E-state index is 12.7. The van der Waals surface area contributed by atoms with Crippen LogP contribution in [0.4, 0.5) is 4.79 Å². The molecule has 0 saturated carbocycles. The fourth-order valence-corrected chi connectivity index (χ4v) is 4.13. The highest BCUT2D eigenvalue weighted by atomic mass is 32.1. The van der Waals surface area contributed by atoms with E-state index in [0.29, 0.717) is 17.0 Å². The molecule has 1 aromatic carbocycles. The first-order chi connectivity index (χ1) is 15.3. The summed E-state index contributed by atoms with van der Waals surface area (Å²) in [6, 6.07) is 8.09. The third-order valence-corrected chi connectivity index (χ3v) is 5.96. The maximum Gasteiger partial charge on any atom is 0.404 e. The van der Waals surface area contributed by atoms with Crippen molar-refractivity contribution in [2.24, 2.45) is 0 Å². The SMILES string of the molecule is COC(=O)C(CNC(=O)O)NC(=O)c1sc(C(=O)NCc2cccc3[nH]ccc23)cc1C. The predicted molar refractivity (Wildman–Crippen MR) is 118 cm³/mol. The molecule has 0 radical (unpaired) electrons. The summed E-state index contributed by atoms with van der Waals surface area (Å²) >= 11 is 0.983. The normalized spacial score (nSPS) is 11.6. The van der Waals surface area contributed by atoms with Crippen LogP contribution in [-0.2, 0) is 16.1 Å². The molecule has 2 aromatic heterocycles. The molecule has 168 valence electrons. The zero-order valence-corrected chi connectivity index (χ0v) is 18.2. The Bertz CT molecular complexity index is 1170. The van der Waals surface area contributed by atoms with Gasteiger partial charge >= 0.3 is 12.1 Å². The van der Waals surface area contributed by atoms with Gasteiger partial charge in [-0.1, -0.05) is 12.1 Å². The zero-order valence-electron chi connectivity index (χ0n) is 17.4. The van der Waals surface area contributed by atoms with Gasteiger partial charge in [-0.15, -0.1) is 11.3 Å². The highest BCUT2D eigenvalue weighted by molar-refractivity contribution is 7.16. The lowest BCUT2D eigenvalue weighted by molar-refractivity contribution is -0.142. The Morgan fingerprint density at radius 2 is 1.94 bits per heavy atom. The number of benzene rings is 1. The molecule has 1 atom stereocenters. The minimum absolute atomic E-state index is 0.243. The first-order valence-electron chi connectivity index (χ1n) is 9.59. The zero-order chi connectivity index (χ0) is 23.3. The van der Waals surface area contributed by atoms with Crippen molar-refractivity contribution >= 4 is 46.1 Å². The van der Waals surface area contributed by atoms with Gasteiger partial charge in [-0.2, -0.15) is 0 Å². The second-order valence-corrected chi connectivity index (χ2v) is 7.95. The number of thiophene rings is 1. The molecular weight excluding hydrogens is 436 g/mol. The molecule has 11 heteroatoms. The molecular formula is C21H22N4O6S. The van der Waals surface area contributed by atoms with Gasteiger partial charge in [0, 0.05) is 23.6 Å². The number of carboxylic acid groups (broad SMARTS) is 1. The number of aromatic amines is 1. The van der Waals surface area contributed by atoms with Crippen LogP contribution in [0.1, 0.15) is 30.5 Å². The number of esters is 1. The highest BCUT2D eigenvalue weighted by Crippen LogP contribution is 2.23. The van der Waals surface area contributed by atoms with Crippen molar-refractivity contribution in [3.05, 3.63) is 57.4 Å². The van der Waals surface area contributed by atoms with Crippen molar-refractivity contribution < 1.29 is 29.0 Å². The number of carbonyl (C=O) groups is 4. The monoisotopic (exact) mass is 458 g/mol. The second-order valence-electron chi connectivity index (χ2n) is 6.90. The van der Waals surface area contributed by atoms with Gasteiger partial charge < -0.3 is 30.8 Å². The second kappa shape index (κ2) is 9.96. The van der Waals surface area contributed by atoms with Crippen LogP contribution in [0.3, 0.4) is 0 Å². The molecule has 3 amide bonds. The fourth-order valence-electron chi connectivity index (χ4n) is 3.14. The third kappa shape index (κ3) is 5.24. The largest absolute Gasteiger partial charge is 0.467 e. The predicted octanol–water partition coefficient (Wildman–Crippen LogP) is 2.01. The Morgan fingerprint density at radius 1 is 1.16 bits per heavy atom. The number of ether oxygens (including phenoxy) is 1. The van der Waals surface area contributed by atoms with E-state index in [9.17, 15) is 19.2 Å². The molecule has 0 spiro atoms. The van der Waals surface area contributed by atoms with Gasteiger partial charge in [0.1, 0.15) is 6.04 Å². The average molecular weight is 458 g/mol. The number of carbonyl (C=O) groups excluding carboxylic acids is 3. The summed E-state index contributed by atoms with van der Waals surface area (Å²) in [5.41, 5.74) is 2.48. The first kappa shape index (κ1) is 22.8. The molecule has 0 saturated heterocycles. The minimum atomic E-state index is -1.34. The summed E-state index contributed by atoms with van der Waals surface area (Å²) in [4.78, 5) is 51.6. The number of rotatable bonds is 8. The Morgan fingerprint density at radius 3 is 2.66 bits per heavy atom. The number of aryl methyl sites for hydroxylation is 1. The molecule has 10 nitrogen and oxygen atoms in total. The average Bonchev–Trinajstić information content (AvgIpc) is 3.41. The first-order valence-corrected chi connectivity index (χ1v) is 10.4. The van der Waals surface area contributed by atoms with Crippen LogP contribution in [0, 0.1) is 6.92 Å². The van der Waals surface area contributed by atoms with Crippen molar-refractivity contribution in [3.8, 4) is 0 Å². The van der Waals surface area contributed by atoms with Crippen molar-refractivity contribution in [3.63, 3.8) is 0 Å². The summed E-state index contributed by atoms with van der Waals surface area (Å²) in [7, 11) is 1.13. The molecule has 0 fully saturated rings. The van der Waals surface area contributed by atoms with Crippen LogP contribution in [0.2, 0.25) is 0 Å². The van der Waals surface area contributed by atoms with Crippen molar-refractivity contribution in [1.82, 2.24) is 20.9 Å². The van der Waals surface area contributed by atoms with E-state index < -0.39 is 24.0 Å². The number of hydrogen-bond donors (Lipinski definition) is 5. The summed E-state index contributed by atoms with van der Waals surface area (Å²) in [5.74, 6) is -1.73. The molecule has 0 aliphatic heterocycles.